The van der Waals surface area contributed by atoms with Crippen molar-refractivity contribution < 1.29 is 29.0 Å². The molecule has 10 heteroatoms. The van der Waals surface area contributed by atoms with Gasteiger partial charge >= 0.3 is 12.1 Å². The number of rotatable bonds is 5. The number of hydrogen-bond acceptors (Lipinski definition) is 6. The average molecular weight is 450 g/mol. The van der Waals surface area contributed by atoms with Crippen LogP contribution in [0.5, 0.6) is 0 Å². The van der Waals surface area contributed by atoms with Gasteiger partial charge in [0.2, 0.25) is 5.91 Å². The number of aliphatic carboxylic acids is 1. The summed E-state index contributed by atoms with van der Waals surface area (Å²) in [5.41, 5.74) is -0.106. The number of carbonyl (C=O) groups excluding carboxylic acids is 3. The maximum absolute atomic E-state index is 13.1. The van der Waals surface area contributed by atoms with Crippen LogP contribution < -0.4 is 10.6 Å². The van der Waals surface area contributed by atoms with Gasteiger partial charge < -0.3 is 20.5 Å². The Balaban J connectivity index is 1.74. The van der Waals surface area contributed by atoms with Crippen LogP contribution in [-0.2, 0) is 19.1 Å². The van der Waals surface area contributed by atoms with Gasteiger partial charge in [-0.1, -0.05) is 18.2 Å². The quantitative estimate of drug-likeness (QED) is 0.432. The molecule has 0 aromatic heterocycles. The first-order chi connectivity index (χ1) is 14.5. The summed E-state index contributed by atoms with van der Waals surface area (Å²) in [4.78, 5) is 50.7. The molecule has 0 aromatic carbocycles. The number of β-lactam (4-membered cyclic amide) rings is 1. The number of thioether (sulfide) groups is 1. The van der Waals surface area contributed by atoms with Gasteiger partial charge in [-0.3, -0.25) is 14.5 Å². The summed E-state index contributed by atoms with van der Waals surface area (Å²) in [6.07, 6.45) is 7.63. The fraction of sp³-hybridized carbons (Fsp3) is 0.524. The molecule has 3 unspecified atom stereocenters. The molecule has 2 heterocycles. The molecule has 3 aliphatic rings. The Kier molecular flexibility index (Phi) is 6.49. The molecule has 4 atom stereocenters. The van der Waals surface area contributed by atoms with Gasteiger partial charge in [0, 0.05) is 5.25 Å². The summed E-state index contributed by atoms with van der Waals surface area (Å²) in [7, 11) is 0. The van der Waals surface area contributed by atoms with E-state index in [0.29, 0.717) is 18.4 Å². The lowest BCUT2D eigenvalue weighted by molar-refractivity contribution is -0.150. The van der Waals surface area contributed by atoms with E-state index in [1.807, 2.05) is 25.2 Å². The summed E-state index contributed by atoms with van der Waals surface area (Å²) < 4.78 is 5.29. The zero-order valence-electron chi connectivity index (χ0n) is 17.9. The van der Waals surface area contributed by atoms with Gasteiger partial charge in [-0.15, -0.1) is 11.8 Å². The number of amides is 3. The number of nitrogens with one attached hydrogen (secondary N) is 2. The second kappa shape index (κ2) is 8.78. The predicted molar refractivity (Wildman–Crippen MR) is 115 cm³/mol. The molecule has 3 rings (SSSR count). The molecule has 3 N–H and O–H groups in total. The number of carboxylic acid groups (broad SMARTS) is 1. The Morgan fingerprint density at radius 3 is 2.58 bits per heavy atom. The molecule has 1 fully saturated rings. The number of carbonyl (C=O) groups is 4. The van der Waals surface area contributed by atoms with Crippen molar-refractivity contribution in [3.8, 4) is 0 Å². The van der Waals surface area contributed by atoms with Crippen LogP contribution in [-0.4, -0.2) is 62.2 Å². The third-order valence-corrected chi connectivity index (χ3v) is 6.22. The molecule has 168 valence electrons. The normalized spacial score (nSPS) is 26.0. The van der Waals surface area contributed by atoms with Crippen molar-refractivity contribution in [3.05, 3.63) is 35.6 Å². The topological polar surface area (TPSA) is 125 Å². The third-order valence-electron chi connectivity index (χ3n) is 4.90. The number of carboxylic acids is 1. The summed E-state index contributed by atoms with van der Waals surface area (Å²) >= 11 is 1.39. The second-order valence-corrected chi connectivity index (χ2v) is 10.1. The van der Waals surface area contributed by atoms with Crippen molar-refractivity contribution in [1.82, 2.24) is 15.5 Å². The molecule has 3 amide bonds. The molecule has 9 nitrogen and oxygen atoms in total. The van der Waals surface area contributed by atoms with E-state index in [1.54, 1.807) is 20.8 Å². The standard InChI is InChI=1S/C21H27N3O6S/c1-11-10-13(19(27)28)24-17(26)15(18(24)31-11)22-16(25)14(12-8-6-5-7-9-12)23-20(29)30-21(2,3)4/h5-6,9-11,14-15,18H,7-8H2,1-4H3,(H,22,25)(H,23,29)(H,27,28)/t11?,14?,15?,18-/m1/s1. The minimum Gasteiger partial charge on any atom is -0.477 e. The number of fused-ring (bicyclic) bond motifs is 1. The minimum absolute atomic E-state index is 0.0738. The molecular formula is C21H27N3O6S. The first kappa shape index (κ1) is 22.9. The highest BCUT2D eigenvalue weighted by Crippen LogP contribution is 2.40. The smallest absolute Gasteiger partial charge is 0.408 e. The van der Waals surface area contributed by atoms with Crippen LogP contribution in [0.25, 0.3) is 0 Å². The van der Waals surface area contributed by atoms with Crippen molar-refractivity contribution in [2.75, 3.05) is 0 Å². The molecule has 1 aliphatic carbocycles. The Morgan fingerprint density at radius 1 is 1.29 bits per heavy atom. The molecule has 0 spiro atoms. The first-order valence-electron chi connectivity index (χ1n) is 10.1. The van der Waals surface area contributed by atoms with E-state index in [0.717, 1.165) is 0 Å². The molecule has 2 aliphatic heterocycles. The van der Waals surface area contributed by atoms with Gasteiger partial charge in [0.15, 0.2) is 0 Å². The Morgan fingerprint density at radius 2 is 2.00 bits per heavy atom. The Labute approximate surface area is 184 Å². The van der Waals surface area contributed by atoms with Gasteiger partial charge in [-0.05, 0) is 52.2 Å². The van der Waals surface area contributed by atoms with Crippen LogP contribution in [0.15, 0.2) is 35.6 Å². The van der Waals surface area contributed by atoms with Gasteiger partial charge in [0.1, 0.15) is 28.8 Å². The monoisotopic (exact) mass is 449 g/mol. The van der Waals surface area contributed by atoms with E-state index >= 15 is 0 Å². The summed E-state index contributed by atoms with van der Waals surface area (Å²) in [6.45, 7) is 7.00. The molecule has 0 saturated carbocycles. The van der Waals surface area contributed by atoms with Crippen LogP contribution in [0, 0.1) is 0 Å². The second-order valence-electron chi connectivity index (χ2n) is 8.55. The number of hydrogen-bond donors (Lipinski definition) is 3. The van der Waals surface area contributed by atoms with E-state index in [4.69, 9.17) is 4.74 Å². The lowest BCUT2D eigenvalue weighted by Crippen LogP contribution is -2.71. The number of nitrogens with zero attached hydrogens (tertiary/aromatic N) is 1. The maximum Gasteiger partial charge on any atom is 0.408 e. The molecule has 0 aromatic rings. The lowest BCUT2D eigenvalue weighted by Gasteiger charge is -2.49. The third kappa shape index (κ3) is 5.12. The number of allylic oxidation sites excluding steroid dienone is 3. The van der Waals surface area contributed by atoms with E-state index in [9.17, 15) is 24.3 Å². The molecule has 0 radical (unpaired) electrons. The average Bonchev–Trinajstić information content (AvgIpc) is 2.68. The van der Waals surface area contributed by atoms with E-state index in [-0.39, 0.29) is 10.9 Å². The lowest BCUT2D eigenvalue weighted by atomic mass is 9.96. The van der Waals surface area contributed by atoms with Crippen LogP contribution in [0.2, 0.25) is 0 Å². The molecular weight excluding hydrogens is 422 g/mol. The summed E-state index contributed by atoms with van der Waals surface area (Å²) in [5.74, 6) is -2.20. The summed E-state index contributed by atoms with van der Waals surface area (Å²) in [6, 6.07) is -1.87. The minimum atomic E-state index is -1.18. The molecule has 1 saturated heterocycles. The van der Waals surface area contributed by atoms with Crippen molar-refractivity contribution in [2.24, 2.45) is 0 Å². The first-order valence-corrected chi connectivity index (χ1v) is 11.0. The Hall–Kier alpha value is -2.75. The fourth-order valence-corrected chi connectivity index (χ4v) is 4.90. The zero-order chi connectivity index (χ0) is 22.9. The van der Waals surface area contributed by atoms with Gasteiger partial charge in [0.25, 0.3) is 5.91 Å². The van der Waals surface area contributed by atoms with Crippen molar-refractivity contribution in [3.63, 3.8) is 0 Å². The van der Waals surface area contributed by atoms with Crippen molar-refractivity contribution in [1.29, 1.82) is 0 Å². The van der Waals surface area contributed by atoms with Gasteiger partial charge in [0.05, 0.1) is 0 Å². The highest BCUT2D eigenvalue weighted by Gasteiger charge is 2.54. The van der Waals surface area contributed by atoms with Crippen LogP contribution >= 0.6 is 11.8 Å². The predicted octanol–water partition coefficient (Wildman–Crippen LogP) is 1.91. The van der Waals surface area contributed by atoms with E-state index < -0.39 is 46.9 Å². The van der Waals surface area contributed by atoms with E-state index in [2.05, 4.69) is 10.6 Å². The van der Waals surface area contributed by atoms with Crippen molar-refractivity contribution >= 4 is 35.6 Å². The highest BCUT2D eigenvalue weighted by molar-refractivity contribution is 8.00. The highest BCUT2D eigenvalue weighted by atomic mass is 32.2. The number of alkyl carbamates (subject to hydrolysis) is 1. The number of ether oxygens (including phenoxy) is 1. The van der Waals surface area contributed by atoms with Crippen LogP contribution in [0.1, 0.15) is 40.5 Å². The maximum atomic E-state index is 13.1. The largest absolute Gasteiger partial charge is 0.477 e. The SMILES string of the molecule is CC1C=C(C(=O)O)N2C(=O)C(NC(=O)C(NC(=O)OC(C)(C)C)C3=CCC=CC3)[C@H]2S1. The van der Waals surface area contributed by atoms with Crippen molar-refractivity contribution in [2.45, 2.75) is 68.8 Å². The van der Waals surface area contributed by atoms with Gasteiger partial charge in [-0.2, -0.15) is 0 Å². The zero-order valence-corrected chi connectivity index (χ0v) is 18.7. The molecule has 31 heavy (non-hydrogen) atoms. The molecule has 0 bridgehead atoms. The Bertz CT molecular complexity index is 888. The van der Waals surface area contributed by atoms with Gasteiger partial charge in [-0.25, -0.2) is 9.59 Å². The van der Waals surface area contributed by atoms with Crippen LogP contribution in [0.3, 0.4) is 0 Å². The van der Waals surface area contributed by atoms with E-state index in [1.165, 1.54) is 22.7 Å². The summed E-state index contributed by atoms with van der Waals surface area (Å²) in [5, 5.41) is 14.1. The van der Waals surface area contributed by atoms with Crippen LogP contribution in [0.4, 0.5) is 4.79 Å². The fourth-order valence-electron chi connectivity index (χ4n) is 3.57.